The number of rotatable bonds is 36. The van der Waals surface area contributed by atoms with Crippen LogP contribution in [0.2, 0.25) is 0 Å². The van der Waals surface area contributed by atoms with Gasteiger partial charge >= 0.3 is 47.8 Å². The van der Waals surface area contributed by atoms with E-state index < -0.39 is 35.1 Å². The van der Waals surface area contributed by atoms with Crippen LogP contribution in [0, 0.1) is 119 Å². The minimum absolute atomic E-state index is 0.192. The molecule has 0 heterocycles. The predicted octanol–water partition coefficient (Wildman–Crippen LogP) is 24.3. The summed E-state index contributed by atoms with van der Waals surface area (Å²) in [6.07, 6.45) is 47.0. The largest absolute Gasteiger partial charge is 0.465 e. The maximum Gasteiger partial charge on any atom is 0.339 e. The number of carbonyl (C=O) groups is 8. The first-order valence-corrected chi connectivity index (χ1v) is 49.3. The molecular weight excluding hydrogens is 1650 g/mol. The number of unbranched alkanes of at least 4 members (excludes halogenated alkanes) is 10. The van der Waals surface area contributed by atoms with Gasteiger partial charge in [0.1, 0.15) is 11.5 Å². The van der Waals surface area contributed by atoms with E-state index in [2.05, 4.69) is 80.3 Å². The van der Waals surface area contributed by atoms with Crippen LogP contribution in [-0.2, 0) is 57.2 Å². The van der Waals surface area contributed by atoms with E-state index in [1.165, 1.54) is 109 Å². The van der Waals surface area contributed by atoms with E-state index in [4.69, 9.17) is 44.3 Å². The molecule has 0 amide bonds. The highest BCUT2D eigenvalue weighted by Crippen LogP contribution is 2.47. The van der Waals surface area contributed by atoms with Crippen molar-refractivity contribution in [2.24, 2.45) is 59.2 Å². The molecule has 12 rings (SSSR count). The smallest absolute Gasteiger partial charge is 0.339 e. The minimum atomic E-state index is -0.935. The number of hydrogen-bond acceptors (Lipinski definition) is 16. The highest BCUT2D eigenvalue weighted by atomic mass is 16.6. The lowest BCUT2D eigenvalue weighted by Gasteiger charge is -2.41. The van der Waals surface area contributed by atoms with Gasteiger partial charge in [-0.05, 0) is 335 Å². The zero-order valence-electron chi connectivity index (χ0n) is 78.0. The lowest BCUT2D eigenvalue weighted by molar-refractivity contribution is -0.152. The van der Waals surface area contributed by atoms with Crippen LogP contribution in [0.5, 0.6) is 11.5 Å². The van der Waals surface area contributed by atoms with Crippen LogP contribution >= 0.6 is 0 Å². The first kappa shape index (κ1) is 101. The van der Waals surface area contributed by atoms with Gasteiger partial charge in [0, 0.05) is 51.1 Å². The van der Waals surface area contributed by atoms with E-state index in [-0.39, 0.29) is 60.8 Å². The summed E-state index contributed by atoms with van der Waals surface area (Å²) in [5.41, 5.74) is 5.08. The highest BCUT2D eigenvalue weighted by molar-refractivity contribution is 5.91. The molecule has 6 aromatic carbocycles. The SMILES string of the molecule is C#Cc1ccc(C#Cc2ccc(C#Cc3ccc(C#CC4(OC(=O)c5ccc(OC(=O)C6CCC(C(=O)OCCCCCCCCOC(=O)C=C)CC6)cc5)CCC(C5CCC(CCCCC)CC5)CC4)cc3)cc2)cc1.C=CC(=O)OCCCCOC(=O)C1CCC(C(=O)Oc2ccc(C(=O)OC3(C#Cc4ccccc4)CCC(C4CCC(CCCCC)CC4)CC3)cc2)CC1. The molecule has 0 aliphatic heterocycles. The molecule has 0 aromatic heterocycles. The Balaban J connectivity index is 0.000000269. The van der Waals surface area contributed by atoms with Gasteiger partial charge in [-0.25, -0.2) is 19.2 Å². The first-order valence-electron chi connectivity index (χ1n) is 49.3. The van der Waals surface area contributed by atoms with Crippen molar-refractivity contribution in [3.05, 3.63) is 227 Å². The average Bonchev–Trinajstić information content (AvgIpc) is 0.807. The van der Waals surface area contributed by atoms with Gasteiger partial charge in [0.05, 0.1) is 61.2 Å². The van der Waals surface area contributed by atoms with E-state index in [9.17, 15) is 38.4 Å². The average molecular weight is 1790 g/mol. The number of hydrogen-bond donors (Lipinski definition) is 0. The second-order valence-electron chi connectivity index (χ2n) is 37.1. The second kappa shape index (κ2) is 54.4. The lowest BCUT2D eigenvalue weighted by atomic mass is 9.67. The maximum atomic E-state index is 14.0. The molecule has 6 fully saturated rings. The van der Waals surface area contributed by atoms with E-state index in [0.29, 0.717) is 131 Å². The van der Waals surface area contributed by atoms with Crippen LogP contribution in [0.4, 0.5) is 0 Å². The van der Waals surface area contributed by atoms with Gasteiger partial charge in [-0.15, -0.1) is 6.42 Å². The van der Waals surface area contributed by atoms with Crippen LogP contribution in [0.25, 0.3) is 0 Å². The minimum Gasteiger partial charge on any atom is -0.465 e. The quantitative estimate of drug-likeness (QED) is 0.00894. The third kappa shape index (κ3) is 33.6. The summed E-state index contributed by atoms with van der Waals surface area (Å²) in [5, 5.41) is 0. The number of carbonyl (C=O) groups excluding carboxylic acids is 8. The standard InChI is InChI=1S/C69H76O8.C47H60O8/c1-4-7-12-15-53-32-34-59(35-33-53)60-45-48-69(49-46-60,47-44-58-30-28-57(29-31-58)27-26-56-24-22-55(23-25-56)21-20-54-18-16-52(5-2)17-19-54)77-68(73)63-40-42-64(43-41-63)76-67(72)62-38-36-61(37-39-62)66(71)75-51-14-11-9-8-10-13-50-74-65(70)6-3;1-3-5-7-12-36-15-17-37(18-16-36)38-28-31-47(32-29-38,30-27-35-13-8-6-9-14-35)55-46(51)41-23-25-42(26-24-41)54-45(50)40-21-19-39(20-22-40)44(49)53-34-11-10-33-52-43(48)4-2/h2,6,16-19,22-25,28-31,40-43,53,59-62H,3-4,7-15,32-39,45-46,48-51H2,1H3;4,6,8-9,13-14,23-26,36-40H,2-3,5,7,10-12,15-22,28-29,31-34H2,1H3. The summed E-state index contributed by atoms with van der Waals surface area (Å²) < 4.78 is 45.2. The molecule has 0 atom stereocenters. The normalized spacial score (nSPS) is 22.5. The third-order valence-electron chi connectivity index (χ3n) is 27.8. The molecule has 6 saturated carbocycles. The molecule has 16 heteroatoms. The molecule has 6 aliphatic rings. The van der Waals surface area contributed by atoms with Gasteiger partial charge < -0.3 is 37.9 Å². The zero-order chi connectivity index (χ0) is 93.0. The Labute approximate surface area is 785 Å². The molecule has 0 bridgehead atoms. The van der Waals surface area contributed by atoms with Crippen molar-refractivity contribution >= 4 is 47.8 Å². The van der Waals surface area contributed by atoms with Gasteiger partial charge in [0.15, 0.2) is 11.2 Å². The topological polar surface area (TPSA) is 210 Å². The van der Waals surface area contributed by atoms with Gasteiger partial charge in [0.2, 0.25) is 0 Å². The summed E-state index contributed by atoms with van der Waals surface area (Å²) in [7, 11) is 0. The highest BCUT2D eigenvalue weighted by Gasteiger charge is 2.43. The summed E-state index contributed by atoms with van der Waals surface area (Å²) in [6, 6.07) is 46.4. The lowest BCUT2D eigenvalue weighted by Crippen LogP contribution is -2.39. The molecule has 16 nitrogen and oxygen atoms in total. The summed E-state index contributed by atoms with van der Waals surface area (Å²) in [4.78, 5) is 101. The molecular formula is C116H136O16. The molecule has 6 aliphatic carbocycles. The van der Waals surface area contributed by atoms with Crippen molar-refractivity contribution in [3.8, 4) is 71.2 Å². The summed E-state index contributed by atoms with van der Waals surface area (Å²) in [6.45, 7) is 12.6. The molecule has 0 spiro atoms. The Kier molecular flexibility index (Phi) is 41.6. The van der Waals surface area contributed by atoms with E-state index >= 15 is 0 Å². The summed E-state index contributed by atoms with van der Waals surface area (Å²) in [5.74, 6) is 30.3. The Morgan fingerprint density at radius 1 is 0.326 bits per heavy atom. The van der Waals surface area contributed by atoms with Crippen molar-refractivity contribution in [2.75, 3.05) is 26.4 Å². The fourth-order valence-electron chi connectivity index (χ4n) is 19.5. The van der Waals surface area contributed by atoms with Crippen molar-refractivity contribution in [3.63, 3.8) is 0 Å². The first-order chi connectivity index (χ1) is 64.4. The second-order valence-corrected chi connectivity index (χ2v) is 37.1. The van der Waals surface area contributed by atoms with Crippen molar-refractivity contribution in [2.45, 2.75) is 282 Å². The molecule has 0 radical (unpaired) electrons. The van der Waals surface area contributed by atoms with Crippen molar-refractivity contribution in [1.82, 2.24) is 0 Å². The molecule has 0 N–H and O–H groups in total. The van der Waals surface area contributed by atoms with Crippen LogP contribution in [0.3, 0.4) is 0 Å². The van der Waals surface area contributed by atoms with Gasteiger partial charge in [-0.2, -0.15) is 0 Å². The van der Waals surface area contributed by atoms with Crippen molar-refractivity contribution in [1.29, 1.82) is 0 Å². The molecule has 696 valence electrons. The number of benzene rings is 6. The van der Waals surface area contributed by atoms with Crippen molar-refractivity contribution < 1.29 is 76.3 Å². The molecule has 132 heavy (non-hydrogen) atoms. The zero-order valence-corrected chi connectivity index (χ0v) is 78.0. The summed E-state index contributed by atoms with van der Waals surface area (Å²) >= 11 is 0. The third-order valence-corrected chi connectivity index (χ3v) is 27.8. The number of ether oxygens (including phenoxy) is 8. The van der Waals surface area contributed by atoms with E-state index in [1.807, 2.05) is 103 Å². The maximum absolute atomic E-state index is 14.0. The Bertz CT molecular complexity index is 5000. The fraction of sp³-hybridized carbons (Fsp3) is 0.500. The van der Waals surface area contributed by atoms with Gasteiger partial charge in [0.25, 0.3) is 0 Å². The molecule has 0 saturated heterocycles. The van der Waals surface area contributed by atoms with Crippen LogP contribution in [0.15, 0.2) is 177 Å². The van der Waals surface area contributed by atoms with Crippen LogP contribution in [-0.4, -0.2) is 85.4 Å². The Morgan fingerprint density at radius 3 is 0.955 bits per heavy atom. The van der Waals surface area contributed by atoms with Crippen LogP contribution < -0.4 is 9.47 Å². The number of terminal acetylenes is 1. The van der Waals surface area contributed by atoms with Crippen LogP contribution in [0.1, 0.15) is 330 Å². The van der Waals surface area contributed by atoms with E-state index in [0.717, 1.165) is 140 Å². The monoisotopic (exact) mass is 1780 g/mol. The Hall–Kier alpha value is -11.6. The Morgan fingerprint density at radius 2 is 0.621 bits per heavy atom. The van der Waals surface area contributed by atoms with Gasteiger partial charge in [-0.1, -0.05) is 189 Å². The van der Waals surface area contributed by atoms with Gasteiger partial charge in [-0.3, -0.25) is 19.2 Å². The van der Waals surface area contributed by atoms with E-state index in [1.54, 1.807) is 48.5 Å². The fourth-order valence-corrected chi connectivity index (χ4v) is 19.5. The molecule has 6 aromatic rings. The number of esters is 8. The predicted molar refractivity (Wildman–Crippen MR) is 515 cm³/mol. The molecule has 0 unspecified atom stereocenters.